The van der Waals surface area contributed by atoms with Gasteiger partial charge in [-0.25, -0.2) is 0 Å². The number of methoxy groups -OCH3 is 1. The fourth-order valence-corrected chi connectivity index (χ4v) is 4.19. The van der Waals surface area contributed by atoms with E-state index in [0.717, 1.165) is 28.8 Å². The molecule has 4 aromatic carbocycles. The van der Waals surface area contributed by atoms with Crippen molar-refractivity contribution in [2.45, 2.75) is 6.92 Å². The molecule has 6 aromatic rings. The molecule has 2 heterocycles. The Morgan fingerprint density at radius 3 is 2.03 bits per heavy atom. The fraction of sp³-hybridized carbons (Fsp3) is 0.120. The maximum atomic E-state index is 11.1. The van der Waals surface area contributed by atoms with Gasteiger partial charge < -0.3 is 28.9 Å². The molecule has 0 aliphatic heterocycles. The van der Waals surface area contributed by atoms with Crippen molar-refractivity contribution in [1.29, 1.82) is 0 Å². The zero-order valence-electron chi connectivity index (χ0n) is 17.2. The second-order valence-corrected chi connectivity index (χ2v) is 7.37. The number of aryl methyl sites for hydroxylation is 1. The highest BCUT2D eigenvalue weighted by Crippen LogP contribution is 2.50. The number of phenols is 2. The van der Waals surface area contributed by atoms with Crippen LogP contribution in [0.15, 0.2) is 57.4 Å². The second kappa shape index (κ2) is 6.82. The van der Waals surface area contributed by atoms with Gasteiger partial charge in [-0.15, -0.1) is 0 Å². The molecule has 0 bridgehead atoms. The molecule has 0 aliphatic rings. The Bertz CT molecular complexity index is 1620. The molecular weight excluding hydrogens is 396 g/mol. The smallest absolute Gasteiger partial charge is 0.181 e. The molecule has 0 aliphatic carbocycles. The third-order valence-corrected chi connectivity index (χ3v) is 5.60. The lowest BCUT2D eigenvalue weighted by atomic mass is 10.0. The molecule has 6 heteroatoms. The highest BCUT2D eigenvalue weighted by atomic mass is 16.5. The van der Waals surface area contributed by atoms with E-state index in [2.05, 4.69) is 6.07 Å². The number of rotatable bonds is 1. The van der Waals surface area contributed by atoms with Gasteiger partial charge in [0.1, 0.15) is 16.9 Å². The summed E-state index contributed by atoms with van der Waals surface area (Å²) in [6, 6.07) is 15.4. The Kier molecular flexibility index (Phi) is 4.20. The number of hydrogen-bond donors (Lipinski definition) is 3. The number of ether oxygens (including phenoxy) is 1. The van der Waals surface area contributed by atoms with Crippen LogP contribution in [-0.2, 0) is 0 Å². The zero-order chi connectivity index (χ0) is 21.9. The molecule has 0 fully saturated rings. The highest BCUT2D eigenvalue weighted by Gasteiger charge is 2.24. The van der Waals surface area contributed by atoms with E-state index in [1.165, 1.54) is 0 Å². The van der Waals surface area contributed by atoms with Gasteiger partial charge in [0.2, 0.25) is 0 Å². The van der Waals surface area contributed by atoms with Crippen LogP contribution in [-0.4, -0.2) is 29.5 Å². The summed E-state index contributed by atoms with van der Waals surface area (Å²) < 4.78 is 17.2. The molecule has 156 valence electrons. The average molecular weight is 416 g/mol. The molecule has 0 atom stereocenters. The van der Waals surface area contributed by atoms with Gasteiger partial charge in [-0.05, 0) is 42.0 Å². The van der Waals surface area contributed by atoms with Crippen molar-refractivity contribution in [3.8, 4) is 17.2 Å². The van der Waals surface area contributed by atoms with Crippen molar-refractivity contribution in [2.75, 3.05) is 14.2 Å². The van der Waals surface area contributed by atoms with Crippen LogP contribution in [0.25, 0.3) is 54.6 Å². The summed E-state index contributed by atoms with van der Waals surface area (Å²) in [5.74, 6) is 0.535. The molecule has 31 heavy (non-hydrogen) atoms. The third-order valence-electron chi connectivity index (χ3n) is 5.60. The van der Waals surface area contributed by atoms with Crippen LogP contribution in [0.1, 0.15) is 5.56 Å². The first-order valence-electron chi connectivity index (χ1n) is 9.70. The standard InChI is InChI=1S/C24H16O5.CH4O/c1-11-3-4-12-8-16-17(9-13(12)7-11)28-24-20(16)22(26)23-19(21(24)25)15-6-5-14(27-2)10-18(15)29-23;1-2/h3-10,25-26H,1-2H3;2H,1H3. The predicted molar refractivity (Wildman–Crippen MR) is 121 cm³/mol. The van der Waals surface area contributed by atoms with Crippen molar-refractivity contribution < 1.29 is 28.9 Å². The summed E-state index contributed by atoms with van der Waals surface area (Å²) in [5, 5.41) is 33.4. The first-order valence-corrected chi connectivity index (χ1v) is 9.70. The Morgan fingerprint density at radius 2 is 1.35 bits per heavy atom. The lowest BCUT2D eigenvalue weighted by Gasteiger charge is -2.01. The second-order valence-electron chi connectivity index (χ2n) is 7.37. The van der Waals surface area contributed by atoms with E-state index in [0.29, 0.717) is 33.1 Å². The van der Waals surface area contributed by atoms with Crippen molar-refractivity contribution >= 4 is 54.6 Å². The number of benzene rings is 4. The topological polar surface area (TPSA) is 96.2 Å². The van der Waals surface area contributed by atoms with Crippen LogP contribution >= 0.6 is 0 Å². The first kappa shape index (κ1) is 19.1. The molecule has 2 aromatic heterocycles. The molecule has 6 nitrogen and oxygen atoms in total. The van der Waals surface area contributed by atoms with Gasteiger partial charge >= 0.3 is 0 Å². The lowest BCUT2D eigenvalue weighted by Crippen LogP contribution is -1.80. The SMILES string of the molecule is CO.COc1ccc2c(c1)oc1c(O)c3c(oc4cc5cc(C)ccc5cc43)c(O)c12. The van der Waals surface area contributed by atoms with Crippen molar-refractivity contribution in [1.82, 2.24) is 0 Å². The molecule has 0 saturated heterocycles. The fourth-order valence-electron chi connectivity index (χ4n) is 4.19. The number of fused-ring (bicyclic) bond motifs is 7. The van der Waals surface area contributed by atoms with E-state index in [-0.39, 0.29) is 22.7 Å². The summed E-state index contributed by atoms with van der Waals surface area (Å²) in [7, 11) is 2.57. The van der Waals surface area contributed by atoms with Gasteiger partial charge in [-0.1, -0.05) is 23.8 Å². The summed E-state index contributed by atoms with van der Waals surface area (Å²) >= 11 is 0. The molecule has 0 saturated carbocycles. The molecular formula is C25H20O6. The Morgan fingerprint density at radius 1 is 0.710 bits per heavy atom. The molecule has 0 radical (unpaired) electrons. The number of aliphatic hydroxyl groups is 1. The van der Waals surface area contributed by atoms with Crippen LogP contribution < -0.4 is 4.74 Å². The molecule has 6 rings (SSSR count). The summed E-state index contributed by atoms with van der Waals surface area (Å²) in [6.07, 6.45) is 0. The summed E-state index contributed by atoms with van der Waals surface area (Å²) in [5.41, 5.74) is 2.74. The van der Waals surface area contributed by atoms with Gasteiger partial charge in [0.15, 0.2) is 22.7 Å². The highest BCUT2D eigenvalue weighted by molar-refractivity contribution is 6.23. The van der Waals surface area contributed by atoms with E-state index in [4.69, 9.17) is 18.7 Å². The van der Waals surface area contributed by atoms with Gasteiger partial charge in [0.25, 0.3) is 0 Å². The molecule has 0 spiro atoms. The lowest BCUT2D eigenvalue weighted by molar-refractivity contribution is 0.399. The van der Waals surface area contributed by atoms with Crippen LogP contribution in [0.4, 0.5) is 0 Å². The van der Waals surface area contributed by atoms with Gasteiger partial charge in [0.05, 0.1) is 17.9 Å². The predicted octanol–water partition coefficient (Wildman–Crippen LogP) is 5.98. The van der Waals surface area contributed by atoms with E-state index >= 15 is 0 Å². The minimum absolute atomic E-state index is 0.0480. The Labute approximate surface area is 176 Å². The van der Waals surface area contributed by atoms with Gasteiger partial charge in [-0.2, -0.15) is 0 Å². The molecule has 0 unspecified atom stereocenters. The minimum atomic E-state index is -0.0480. The number of furan rings is 2. The molecule has 0 amide bonds. The van der Waals surface area contributed by atoms with E-state index in [1.807, 2.05) is 31.2 Å². The summed E-state index contributed by atoms with van der Waals surface area (Å²) in [6.45, 7) is 2.04. The number of phenolic OH excluding ortho intramolecular Hbond substituents is 2. The van der Waals surface area contributed by atoms with Crippen molar-refractivity contribution in [3.05, 3.63) is 54.1 Å². The van der Waals surface area contributed by atoms with Crippen molar-refractivity contribution in [3.63, 3.8) is 0 Å². The normalized spacial score (nSPS) is 11.5. The largest absolute Gasteiger partial charge is 0.504 e. The van der Waals surface area contributed by atoms with Crippen LogP contribution in [0.3, 0.4) is 0 Å². The Balaban J connectivity index is 0.000000994. The summed E-state index contributed by atoms with van der Waals surface area (Å²) in [4.78, 5) is 0. The number of aliphatic hydroxyl groups excluding tert-OH is 1. The van der Waals surface area contributed by atoms with Crippen LogP contribution in [0.5, 0.6) is 17.2 Å². The van der Waals surface area contributed by atoms with Crippen LogP contribution in [0.2, 0.25) is 0 Å². The minimum Gasteiger partial charge on any atom is -0.504 e. The van der Waals surface area contributed by atoms with Crippen molar-refractivity contribution in [2.24, 2.45) is 0 Å². The maximum Gasteiger partial charge on any atom is 0.181 e. The van der Waals surface area contributed by atoms with Crippen LogP contribution in [0, 0.1) is 6.92 Å². The van der Waals surface area contributed by atoms with E-state index in [1.54, 1.807) is 25.3 Å². The third kappa shape index (κ3) is 2.62. The first-order chi connectivity index (χ1) is 15.0. The maximum absolute atomic E-state index is 11.1. The number of aromatic hydroxyl groups is 2. The Hall–Kier alpha value is -3.90. The monoisotopic (exact) mass is 416 g/mol. The van der Waals surface area contributed by atoms with E-state index in [9.17, 15) is 10.2 Å². The number of hydrogen-bond acceptors (Lipinski definition) is 6. The quantitative estimate of drug-likeness (QED) is 0.286. The average Bonchev–Trinajstić information content (AvgIpc) is 3.35. The zero-order valence-corrected chi connectivity index (χ0v) is 17.2. The van der Waals surface area contributed by atoms with Gasteiger partial charge in [0, 0.05) is 23.9 Å². The van der Waals surface area contributed by atoms with E-state index < -0.39 is 0 Å². The van der Waals surface area contributed by atoms with Gasteiger partial charge in [-0.3, -0.25) is 0 Å². The molecule has 3 N–H and O–H groups in total.